The number of carbonyl (C=O) groups excluding carboxylic acids is 1. The van der Waals surface area contributed by atoms with Gasteiger partial charge in [-0.2, -0.15) is 4.89 Å². The molecule has 0 heterocycles. The van der Waals surface area contributed by atoms with Gasteiger partial charge >= 0.3 is 5.97 Å². The van der Waals surface area contributed by atoms with Crippen LogP contribution in [0.4, 0.5) is 0 Å². The number of hydrogen-bond donors (Lipinski definition) is 1. The first-order valence-corrected chi connectivity index (χ1v) is 4.29. The highest BCUT2D eigenvalue weighted by Gasteiger charge is 2.16. The molecule has 14 heavy (non-hydrogen) atoms. The van der Waals surface area contributed by atoms with Gasteiger partial charge in [0.1, 0.15) is 19.3 Å². The summed E-state index contributed by atoms with van der Waals surface area (Å²) in [4.78, 5) is 19.3. The van der Waals surface area contributed by atoms with E-state index in [1.165, 1.54) is 0 Å². The molecule has 0 saturated heterocycles. The molecule has 0 amide bonds. The zero-order valence-corrected chi connectivity index (χ0v) is 8.90. The summed E-state index contributed by atoms with van der Waals surface area (Å²) in [5.41, 5.74) is 0. The van der Waals surface area contributed by atoms with Crippen LogP contribution in [0.25, 0.3) is 0 Å². The molecule has 0 bridgehead atoms. The van der Waals surface area contributed by atoms with Crippen LogP contribution < -0.4 is 0 Å². The molecule has 0 aromatic carbocycles. The molecule has 5 nitrogen and oxygen atoms in total. The van der Waals surface area contributed by atoms with Crippen molar-refractivity contribution in [2.75, 3.05) is 34.3 Å². The lowest BCUT2D eigenvalue weighted by atomic mass is 10.3. The lowest BCUT2D eigenvalue weighted by Gasteiger charge is -2.26. The normalized spacial score (nSPS) is 13.4. The number of aliphatic hydroxyl groups is 1. The van der Waals surface area contributed by atoms with Crippen molar-refractivity contribution in [1.29, 1.82) is 0 Å². The molecule has 0 aliphatic rings. The quantitative estimate of drug-likeness (QED) is 0.280. The van der Waals surface area contributed by atoms with Crippen molar-refractivity contribution in [1.82, 2.24) is 0 Å². The summed E-state index contributed by atoms with van der Waals surface area (Å²) in [6, 6.07) is 0. The van der Waals surface area contributed by atoms with Gasteiger partial charge in [0.15, 0.2) is 0 Å². The van der Waals surface area contributed by atoms with E-state index in [1.54, 1.807) is 0 Å². The van der Waals surface area contributed by atoms with Crippen molar-refractivity contribution >= 4 is 5.97 Å². The Hall–Kier alpha value is -0.910. The molecular weight excluding hydrogens is 186 g/mol. The molecule has 0 fully saturated rings. The number of likely N-dealkylation sites (N-methyl/N-ethyl adjacent to an activating group) is 1. The Bertz CT molecular complexity index is 197. The first-order chi connectivity index (χ1) is 6.35. The summed E-state index contributed by atoms with van der Waals surface area (Å²) < 4.78 is 0.611. The average molecular weight is 204 g/mol. The standard InChI is InChI=1S/C9H18NO4/c1-5-9(12)14-13-7-8(11)6-10(2,3)4/h5,8,11H,1,6-7H2,2-4H3/q+1. The van der Waals surface area contributed by atoms with Crippen LogP contribution in [0, 0.1) is 0 Å². The molecule has 0 rings (SSSR count). The third-order valence-electron chi connectivity index (χ3n) is 1.33. The molecular formula is C9H18NO4+. The number of carbonyl (C=O) groups is 1. The van der Waals surface area contributed by atoms with Crippen LogP contribution >= 0.6 is 0 Å². The molecule has 0 aliphatic heterocycles. The van der Waals surface area contributed by atoms with Crippen LogP contribution in [0.15, 0.2) is 12.7 Å². The number of quaternary nitrogens is 1. The van der Waals surface area contributed by atoms with E-state index in [9.17, 15) is 9.90 Å². The molecule has 1 N–H and O–H groups in total. The molecule has 0 aromatic rings. The molecule has 0 spiro atoms. The van der Waals surface area contributed by atoms with Crippen LogP contribution in [0.5, 0.6) is 0 Å². The zero-order chi connectivity index (χ0) is 11.2. The maximum Gasteiger partial charge on any atom is 0.365 e. The number of aliphatic hydroxyl groups excluding tert-OH is 1. The SMILES string of the molecule is C=CC(=O)OOCC(O)C[N+](C)(C)C. The van der Waals surface area contributed by atoms with Gasteiger partial charge in [-0.15, -0.1) is 0 Å². The predicted molar refractivity (Wildman–Crippen MR) is 51.1 cm³/mol. The fourth-order valence-corrected chi connectivity index (χ4v) is 0.890. The van der Waals surface area contributed by atoms with Gasteiger partial charge in [-0.3, -0.25) is 4.89 Å². The maximum atomic E-state index is 10.5. The Kier molecular flexibility index (Phi) is 5.37. The second-order valence-electron chi connectivity index (χ2n) is 4.02. The summed E-state index contributed by atoms with van der Waals surface area (Å²) in [5.74, 6) is -0.664. The Morgan fingerprint density at radius 1 is 1.57 bits per heavy atom. The van der Waals surface area contributed by atoms with Crippen LogP contribution in [-0.2, 0) is 14.6 Å². The molecule has 1 atom stereocenters. The first kappa shape index (κ1) is 13.1. The Morgan fingerprint density at radius 2 is 2.14 bits per heavy atom. The molecule has 1 unspecified atom stereocenters. The zero-order valence-electron chi connectivity index (χ0n) is 8.90. The van der Waals surface area contributed by atoms with Gasteiger partial charge in [0.2, 0.25) is 0 Å². The van der Waals surface area contributed by atoms with Gasteiger partial charge in [0.25, 0.3) is 0 Å². The lowest BCUT2D eigenvalue weighted by molar-refractivity contribution is -0.873. The average Bonchev–Trinajstić information content (AvgIpc) is 2.00. The number of hydrogen-bond acceptors (Lipinski definition) is 4. The van der Waals surface area contributed by atoms with Crippen LogP contribution in [0.2, 0.25) is 0 Å². The van der Waals surface area contributed by atoms with E-state index in [-0.39, 0.29) is 6.61 Å². The summed E-state index contributed by atoms with van der Waals surface area (Å²) in [5, 5.41) is 9.41. The maximum absolute atomic E-state index is 10.5. The molecule has 0 aromatic heterocycles. The summed E-state index contributed by atoms with van der Waals surface area (Å²) in [6.07, 6.45) is 0.333. The van der Waals surface area contributed by atoms with Crippen LogP contribution in [0.3, 0.4) is 0 Å². The smallest absolute Gasteiger partial charge is 0.365 e. The summed E-state index contributed by atoms with van der Waals surface area (Å²) in [7, 11) is 5.83. The minimum atomic E-state index is -0.664. The van der Waals surface area contributed by atoms with E-state index >= 15 is 0 Å². The highest BCUT2D eigenvalue weighted by Crippen LogP contribution is 1.96. The fraction of sp³-hybridized carbons (Fsp3) is 0.667. The molecule has 0 radical (unpaired) electrons. The predicted octanol–water partition coefficient (Wildman–Crippen LogP) is -0.286. The molecule has 5 heteroatoms. The Labute approximate surface area is 84.1 Å². The van der Waals surface area contributed by atoms with Gasteiger partial charge < -0.3 is 9.59 Å². The minimum absolute atomic E-state index is 0.0326. The van der Waals surface area contributed by atoms with E-state index in [4.69, 9.17) is 0 Å². The highest BCUT2D eigenvalue weighted by atomic mass is 17.2. The number of rotatable bonds is 6. The third kappa shape index (κ3) is 7.72. The van der Waals surface area contributed by atoms with E-state index in [1.807, 2.05) is 21.1 Å². The van der Waals surface area contributed by atoms with Gasteiger partial charge in [0.05, 0.1) is 21.1 Å². The van der Waals surface area contributed by atoms with E-state index in [2.05, 4.69) is 16.4 Å². The van der Waals surface area contributed by atoms with Crippen molar-refractivity contribution in [2.45, 2.75) is 6.10 Å². The van der Waals surface area contributed by atoms with Crippen molar-refractivity contribution in [3.8, 4) is 0 Å². The van der Waals surface area contributed by atoms with Crippen molar-refractivity contribution in [3.05, 3.63) is 12.7 Å². The molecule has 0 aliphatic carbocycles. The van der Waals surface area contributed by atoms with Gasteiger partial charge in [0, 0.05) is 6.08 Å². The van der Waals surface area contributed by atoms with Crippen molar-refractivity contribution < 1.29 is 24.2 Å². The fourth-order valence-electron chi connectivity index (χ4n) is 0.890. The third-order valence-corrected chi connectivity index (χ3v) is 1.33. The Balaban J connectivity index is 3.59. The highest BCUT2D eigenvalue weighted by molar-refractivity contribution is 5.80. The Morgan fingerprint density at radius 3 is 2.57 bits per heavy atom. The van der Waals surface area contributed by atoms with E-state index < -0.39 is 12.1 Å². The monoisotopic (exact) mass is 204 g/mol. The number of nitrogens with zero attached hydrogens (tertiary/aromatic N) is 1. The minimum Gasteiger partial charge on any atom is -0.385 e. The van der Waals surface area contributed by atoms with E-state index in [0.717, 1.165) is 6.08 Å². The molecule has 82 valence electrons. The summed E-state index contributed by atoms with van der Waals surface area (Å²) in [6.45, 7) is 3.68. The second-order valence-corrected chi connectivity index (χ2v) is 4.02. The van der Waals surface area contributed by atoms with Gasteiger partial charge in [-0.25, -0.2) is 4.79 Å². The van der Waals surface area contributed by atoms with Crippen LogP contribution in [0.1, 0.15) is 0 Å². The largest absolute Gasteiger partial charge is 0.385 e. The van der Waals surface area contributed by atoms with Gasteiger partial charge in [-0.1, -0.05) is 6.58 Å². The lowest BCUT2D eigenvalue weighted by Crippen LogP contribution is -2.43. The van der Waals surface area contributed by atoms with Crippen LogP contribution in [-0.4, -0.2) is 56.0 Å². The summed E-state index contributed by atoms with van der Waals surface area (Å²) >= 11 is 0. The van der Waals surface area contributed by atoms with E-state index in [0.29, 0.717) is 11.0 Å². The first-order valence-electron chi connectivity index (χ1n) is 4.29. The molecule has 0 saturated carbocycles. The second kappa shape index (κ2) is 5.74. The van der Waals surface area contributed by atoms with Gasteiger partial charge in [-0.05, 0) is 0 Å². The van der Waals surface area contributed by atoms with Crippen molar-refractivity contribution in [2.24, 2.45) is 0 Å². The van der Waals surface area contributed by atoms with Crippen molar-refractivity contribution in [3.63, 3.8) is 0 Å². The topological polar surface area (TPSA) is 55.8 Å².